The molecule has 0 radical (unpaired) electrons. The van der Waals surface area contributed by atoms with Gasteiger partial charge in [0.15, 0.2) is 17.6 Å². The van der Waals surface area contributed by atoms with Gasteiger partial charge in [0.2, 0.25) is 5.79 Å². The predicted octanol–water partition coefficient (Wildman–Crippen LogP) is -1.35. The summed E-state index contributed by atoms with van der Waals surface area (Å²) in [5.41, 5.74) is 12.6. The van der Waals surface area contributed by atoms with Gasteiger partial charge in [0.1, 0.15) is 23.5 Å². The summed E-state index contributed by atoms with van der Waals surface area (Å²) in [7, 11) is 0. The Labute approximate surface area is 242 Å². The molecule has 1 spiro atoms. The lowest BCUT2D eigenvalue weighted by Crippen LogP contribution is -2.78. The van der Waals surface area contributed by atoms with Gasteiger partial charge in [0.25, 0.3) is 11.8 Å². The van der Waals surface area contributed by atoms with E-state index in [1.165, 1.54) is 11.1 Å². The normalized spacial score (nSPS) is 28.2. The van der Waals surface area contributed by atoms with Crippen molar-refractivity contribution in [1.82, 2.24) is 25.8 Å². The van der Waals surface area contributed by atoms with Crippen molar-refractivity contribution in [1.29, 1.82) is 0 Å². The minimum absolute atomic E-state index is 0.0247. The van der Waals surface area contributed by atoms with E-state index in [0.717, 1.165) is 12.0 Å². The highest BCUT2D eigenvalue weighted by Gasteiger charge is 2.73. The maximum absolute atomic E-state index is 13.6. The first kappa shape index (κ1) is 27.7. The summed E-state index contributed by atoms with van der Waals surface area (Å²) in [6.07, 6.45) is 2.33. The number of guanidine groups is 2. The zero-order valence-electron chi connectivity index (χ0n) is 23.6. The molecule has 222 valence electrons. The zero-order chi connectivity index (χ0) is 30.0. The van der Waals surface area contributed by atoms with E-state index in [1.54, 1.807) is 31.2 Å². The summed E-state index contributed by atoms with van der Waals surface area (Å²) in [5.74, 6) is -3.18. The molecule has 0 saturated carbocycles. The fourth-order valence-electron chi connectivity index (χ4n) is 6.44. The summed E-state index contributed by atoms with van der Waals surface area (Å²) in [6, 6.07) is 5.85. The highest BCUT2D eigenvalue weighted by Crippen LogP contribution is 2.45. The van der Waals surface area contributed by atoms with Crippen molar-refractivity contribution in [3.63, 3.8) is 0 Å². The molecule has 4 aliphatic heterocycles. The Bertz CT molecular complexity index is 1520. The number of benzene rings is 1. The molecule has 0 bridgehead atoms. The van der Waals surface area contributed by atoms with Crippen LogP contribution in [0.1, 0.15) is 52.2 Å². The van der Waals surface area contributed by atoms with E-state index in [-0.39, 0.29) is 41.7 Å². The number of aromatic nitrogens is 1. The fourth-order valence-corrected chi connectivity index (χ4v) is 6.44. The van der Waals surface area contributed by atoms with Crippen molar-refractivity contribution >= 4 is 23.7 Å². The second kappa shape index (κ2) is 9.56. The number of nitrogens with two attached hydrogens (primary N) is 2. The number of para-hydroxylation sites is 1. The number of hydrogen-bond donors (Lipinski definition) is 7. The molecule has 2 aromatic rings. The summed E-state index contributed by atoms with van der Waals surface area (Å²) in [5, 5.41) is 32.0. The Hall–Kier alpha value is -4.43. The quantitative estimate of drug-likeness (QED) is 0.208. The molecule has 4 aliphatic rings. The maximum atomic E-state index is 13.6. The van der Waals surface area contributed by atoms with Crippen LogP contribution in [-0.4, -0.2) is 93.1 Å². The first-order chi connectivity index (χ1) is 19.9. The van der Waals surface area contributed by atoms with Crippen molar-refractivity contribution in [2.75, 3.05) is 19.7 Å². The first-order valence-electron chi connectivity index (χ1n) is 13.8. The summed E-state index contributed by atoms with van der Waals surface area (Å²) in [4.78, 5) is 41.0. The number of aryl methyl sites for hydroxylation is 1. The van der Waals surface area contributed by atoms with Crippen LogP contribution in [0.5, 0.6) is 5.75 Å². The van der Waals surface area contributed by atoms with E-state index in [2.05, 4.69) is 44.8 Å². The van der Waals surface area contributed by atoms with E-state index >= 15 is 0 Å². The number of aliphatic imine (C=N–C) groups is 2. The van der Waals surface area contributed by atoms with Crippen LogP contribution in [0.3, 0.4) is 0 Å². The number of carbonyl (C=O) groups excluding carboxylic acids is 2. The largest absolute Gasteiger partial charge is 0.492 e. The third-order valence-electron chi connectivity index (χ3n) is 8.77. The lowest BCUT2D eigenvalue weighted by atomic mass is 9.79. The van der Waals surface area contributed by atoms with Gasteiger partial charge in [-0.2, -0.15) is 0 Å². The zero-order valence-corrected chi connectivity index (χ0v) is 23.6. The van der Waals surface area contributed by atoms with Crippen LogP contribution in [-0.2, 0) is 5.41 Å². The molecule has 4 atom stereocenters. The number of ether oxygens (including phenoxy) is 1. The molecule has 14 heteroatoms. The molecule has 1 fully saturated rings. The smallest absolute Gasteiger partial charge is 0.270 e. The molecule has 3 unspecified atom stereocenters. The third kappa shape index (κ3) is 4.04. The third-order valence-corrected chi connectivity index (χ3v) is 8.77. The number of rotatable bonds is 5. The molecule has 2 amide bonds. The van der Waals surface area contributed by atoms with Crippen LogP contribution in [0, 0.1) is 6.92 Å². The second-order valence-electron chi connectivity index (χ2n) is 11.8. The Morgan fingerprint density at radius 1 is 1.17 bits per heavy atom. The number of amides is 2. The van der Waals surface area contributed by atoms with Crippen LogP contribution in [0.4, 0.5) is 0 Å². The average Bonchev–Trinajstić information content (AvgIpc) is 3.41. The lowest BCUT2D eigenvalue weighted by Gasteiger charge is -2.49. The van der Waals surface area contributed by atoms with Crippen LogP contribution in [0.15, 0.2) is 46.5 Å². The van der Waals surface area contributed by atoms with E-state index in [1.807, 2.05) is 6.07 Å². The van der Waals surface area contributed by atoms with Gasteiger partial charge in [-0.15, -0.1) is 0 Å². The number of aliphatic hydroxyl groups is 2. The van der Waals surface area contributed by atoms with E-state index in [4.69, 9.17) is 16.2 Å². The molecule has 1 aromatic heterocycles. The Kier molecular flexibility index (Phi) is 6.31. The summed E-state index contributed by atoms with van der Waals surface area (Å²) >= 11 is 0. The molecule has 42 heavy (non-hydrogen) atoms. The molecular formula is C28H35N9O5. The molecule has 5 heterocycles. The van der Waals surface area contributed by atoms with Crippen molar-refractivity contribution < 1.29 is 24.5 Å². The van der Waals surface area contributed by atoms with Gasteiger partial charge in [-0.25, -0.2) is 9.98 Å². The molecule has 6 rings (SSSR count). The number of hydrogen-bond acceptors (Lipinski definition) is 12. The minimum atomic E-state index is -2.62. The summed E-state index contributed by atoms with van der Waals surface area (Å²) in [6.45, 7) is 6.27. The van der Waals surface area contributed by atoms with Gasteiger partial charge >= 0.3 is 0 Å². The van der Waals surface area contributed by atoms with E-state index in [0.29, 0.717) is 17.9 Å². The maximum Gasteiger partial charge on any atom is 0.270 e. The number of nitrogens with one attached hydrogen (secondary N) is 3. The van der Waals surface area contributed by atoms with Crippen LogP contribution < -0.4 is 32.2 Å². The van der Waals surface area contributed by atoms with Crippen molar-refractivity contribution in [3.05, 3.63) is 58.9 Å². The molecular weight excluding hydrogens is 542 g/mol. The van der Waals surface area contributed by atoms with Gasteiger partial charge in [-0.3, -0.25) is 14.6 Å². The molecule has 0 aliphatic carbocycles. The second-order valence-corrected chi connectivity index (χ2v) is 11.8. The van der Waals surface area contributed by atoms with Crippen LogP contribution >= 0.6 is 0 Å². The minimum Gasteiger partial charge on any atom is -0.492 e. The van der Waals surface area contributed by atoms with Crippen molar-refractivity contribution in [2.45, 2.75) is 62.2 Å². The van der Waals surface area contributed by atoms with Gasteiger partial charge < -0.3 is 47.3 Å². The molecule has 1 saturated heterocycles. The Morgan fingerprint density at radius 2 is 1.95 bits per heavy atom. The number of carbonyl (C=O) groups is 2. The first-order valence-corrected chi connectivity index (χ1v) is 13.8. The molecule has 1 aromatic carbocycles. The molecule has 9 N–H and O–H groups in total. The van der Waals surface area contributed by atoms with Crippen LogP contribution in [0.25, 0.3) is 0 Å². The topological polar surface area (TPSA) is 213 Å². The van der Waals surface area contributed by atoms with Gasteiger partial charge in [-0.05, 0) is 36.5 Å². The van der Waals surface area contributed by atoms with Gasteiger partial charge in [0, 0.05) is 24.8 Å². The fraction of sp³-hybridized carbons (Fsp3) is 0.464. The van der Waals surface area contributed by atoms with Crippen molar-refractivity contribution in [3.8, 4) is 5.75 Å². The van der Waals surface area contributed by atoms with Crippen LogP contribution in [0.2, 0.25) is 0 Å². The number of pyridine rings is 1. The van der Waals surface area contributed by atoms with E-state index < -0.39 is 41.4 Å². The van der Waals surface area contributed by atoms with Gasteiger partial charge in [-0.1, -0.05) is 32.0 Å². The number of nitrogens with zero attached hydrogens (tertiary/aromatic N) is 4. The SMILES string of the molecule is Cc1cccnc1C(=O)NC[C@@H]1N=C(N)N2CC(NC(=O)c3cccc4c3OCCC4(C)C)C(O)(O)C23NC(N)=NC13. The van der Waals surface area contributed by atoms with E-state index in [9.17, 15) is 19.8 Å². The monoisotopic (exact) mass is 577 g/mol. The number of fused-ring (bicyclic) bond motifs is 1. The predicted molar refractivity (Wildman–Crippen MR) is 153 cm³/mol. The standard InChI is InChI=1S/C28H35N9O5/c1-14-6-5-10-31-19(14)23(39)32-12-17-21-27(36-24(29)35-21)28(40,41)18(13-37(27)25(30)33-17)34-22(38)15-7-4-8-16-20(15)42-11-9-26(16,2)3/h4-8,10,17-18,21,40-41H,9,11-13H2,1-3H3,(H2,30,33)(H,32,39)(H,34,38)(H3,29,35,36)/t17-,18?,21?,27?/m0/s1. The lowest BCUT2D eigenvalue weighted by molar-refractivity contribution is -0.230. The highest BCUT2D eigenvalue weighted by molar-refractivity contribution is 5.98. The average molecular weight is 578 g/mol. The Morgan fingerprint density at radius 3 is 2.71 bits per heavy atom. The van der Waals surface area contributed by atoms with Gasteiger partial charge in [0.05, 0.1) is 18.2 Å². The summed E-state index contributed by atoms with van der Waals surface area (Å²) < 4.78 is 5.90. The Balaban J connectivity index is 1.27. The van der Waals surface area contributed by atoms with Crippen molar-refractivity contribution in [2.24, 2.45) is 21.5 Å². The highest BCUT2D eigenvalue weighted by atomic mass is 16.5. The molecule has 14 nitrogen and oxygen atoms in total.